The van der Waals surface area contributed by atoms with Gasteiger partial charge in [-0.1, -0.05) is 35.9 Å². The van der Waals surface area contributed by atoms with Gasteiger partial charge in [-0.25, -0.2) is 4.79 Å². The largest absolute Gasteiger partial charge is 0.417 e. The van der Waals surface area contributed by atoms with Crippen LogP contribution < -0.4 is 11.1 Å². The molecule has 0 unspecified atom stereocenters. The van der Waals surface area contributed by atoms with Crippen molar-refractivity contribution >= 4 is 17.0 Å². The average Bonchev–Trinajstić information content (AvgIpc) is 2.90. The lowest BCUT2D eigenvalue weighted by Crippen LogP contribution is -2.22. The smallest absolute Gasteiger partial charge is 0.408 e. The predicted octanol–water partition coefficient (Wildman–Crippen LogP) is 2.68. The topological polar surface area (TPSA) is 75.1 Å². The van der Waals surface area contributed by atoms with Gasteiger partial charge in [0, 0.05) is 13.0 Å². The van der Waals surface area contributed by atoms with E-state index in [1.165, 1.54) is 5.56 Å². The third kappa shape index (κ3) is 3.88. The molecule has 5 heteroatoms. The highest BCUT2D eigenvalue weighted by molar-refractivity contribution is 5.77. The van der Waals surface area contributed by atoms with E-state index in [1.807, 2.05) is 31.2 Å². The van der Waals surface area contributed by atoms with E-state index in [9.17, 15) is 9.59 Å². The number of rotatable bonds is 5. The molecule has 2 aromatic carbocycles. The van der Waals surface area contributed by atoms with E-state index in [0.29, 0.717) is 24.1 Å². The lowest BCUT2D eigenvalue weighted by Gasteiger charge is -2.06. The molecule has 0 radical (unpaired) electrons. The molecule has 0 aliphatic rings. The molecule has 23 heavy (non-hydrogen) atoms. The summed E-state index contributed by atoms with van der Waals surface area (Å²) in [6.07, 6.45) is 1.18. The number of hydrogen-bond acceptors (Lipinski definition) is 3. The summed E-state index contributed by atoms with van der Waals surface area (Å²) < 4.78 is 4.95. The maximum absolute atomic E-state index is 12.0. The number of oxazole rings is 1. The quantitative estimate of drug-likeness (QED) is 0.761. The molecule has 1 heterocycles. The maximum atomic E-state index is 12.0. The van der Waals surface area contributed by atoms with Gasteiger partial charge in [0.2, 0.25) is 5.91 Å². The Morgan fingerprint density at radius 3 is 2.87 bits per heavy atom. The second-order valence-electron chi connectivity index (χ2n) is 5.61. The van der Waals surface area contributed by atoms with E-state index in [1.54, 1.807) is 12.1 Å². The molecular weight excluding hydrogens is 292 g/mol. The molecule has 0 aliphatic heterocycles. The van der Waals surface area contributed by atoms with E-state index >= 15 is 0 Å². The standard InChI is InChI=1S/C18H18N2O3/c1-12-3-2-4-13(9-12)6-8-17(21)19-11-14-5-7-16-15(10-14)20-18(22)23-16/h2-5,7,9-10H,6,8,11H2,1H3,(H,19,21)(H,20,22). The Kier molecular flexibility index (Phi) is 4.28. The number of nitrogens with one attached hydrogen (secondary N) is 2. The van der Waals surface area contributed by atoms with Gasteiger partial charge in [-0.2, -0.15) is 0 Å². The minimum absolute atomic E-state index is 0.00675. The maximum Gasteiger partial charge on any atom is 0.417 e. The summed E-state index contributed by atoms with van der Waals surface area (Å²) >= 11 is 0. The third-order valence-corrected chi connectivity index (χ3v) is 3.70. The fourth-order valence-electron chi connectivity index (χ4n) is 2.52. The highest BCUT2D eigenvalue weighted by Gasteiger charge is 2.05. The van der Waals surface area contributed by atoms with Crippen LogP contribution in [0.25, 0.3) is 11.1 Å². The highest BCUT2D eigenvalue weighted by Crippen LogP contribution is 2.12. The molecular formula is C18H18N2O3. The van der Waals surface area contributed by atoms with Gasteiger partial charge in [0.05, 0.1) is 5.52 Å². The van der Waals surface area contributed by atoms with Crippen LogP contribution in [0.1, 0.15) is 23.1 Å². The second-order valence-corrected chi connectivity index (χ2v) is 5.61. The van der Waals surface area contributed by atoms with Gasteiger partial charge in [-0.05, 0) is 36.6 Å². The molecule has 5 nitrogen and oxygen atoms in total. The van der Waals surface area contributed by atoms with E-state index < -0.39 is 5.76 Å². The first-order valence-electron chi connectivity index (χ1n) is 7.54. The molecule has 118 valence electrons. The lowest BCUT2D eigenvalue weighted by atomic mass is 10.1. The van der Waals surface area contributed by atoms with Gasteiger partial charge in [-0.3, -0.25) is 9.78 Å². The van der Waals surface area contributed by atoms with Crippen LogP contribution in [0.4, 0.5) is 0 Å². The van der Waals surface area contributed by atoms with E-state index in [-0.39, 0.29) is 5.91 Å². The van der Waals surface area contributed by atoms with Crippen LogP contribution in [0.2, 0.25) is 0 Å². The van der Waals surface area contributed by atoms with Crippen molar-refractivity contribution in [2.45, 2.75) is 26.3 Å². The number of benzene rings is 2. The Morgan fingerprint density at radius 2 is 2.04 bits per heavy atom. The van der Waals surface area contributed by atoms with Gasteiger partial charge >= 0.3 is 5.76 Å². The van der Waals surface area contributed by atoms with Crippen LogP contribution in [0.5, 0.6) is 0 Å². The van der Waals surface area contributed by atoms with Crippen molar-refractivity contribution in [3.05, 3.63) is 69.7 Å². The number of aromatic amines is 1. The van der Waals surface area contributed by atoms with Crippen molar-refractivity contribution in [1.82, 2.24) is 10.3 Å². The molecule has 0 aliphatic carbocycles. The van der Waals surface area contributed by atoms with Gasteiger partial charge in [0.15, 0.2) is 5.58 Å². The first-order valence-corrected chi connectivity index (χ1v) is 7.54. The van der Waals surface area contributed by atoms with Gasteiger partial charge in [0.25, 0.3) is 0 Å². The molecule has 2 N–H and O–H groups in total. The van der Waals surface area contributed by atoms with Crippen LogP contribution in [0.15, 0.2) is 51.7 Å². The number of aromatic nitrogens is 1. The Morgan fingerprint density at radius 1 is 1.17 bits per heavy atom. The van der Waals surface area contributed by atoms with E-state index in [0.717, 1.165) is 17.5 Å². The zero-order valence-corrected chi connectivity index (χ0v) is 12.9. The Bertz CT molecular complexity index is 892. The summed E-state index contributed by atoms with van der Waals surface area (Å²) in [5.74, 6) is -0.466. The van der Waals surface area contributed by atoms with Gasteiger partial charge < -0.3 is 9.73 Å². The monoisotopic (exact) mass is 310 g/mol. The first kappa shape index (κ1) is 15.1. The highest BCUT2D eigenvalue weighted by atomic mass is 16.4. The molecule has 1 aromatic heterocycles. The number of hydrogen-bond donors (Lipinski definition) is 2. The summed E-state index contributed by atoms with van der Waals surface area (Å²) in [6.45, 7) is 2.47. The molecule has 0 atom stereocenters. The van der Waals surface area contributed by atoms with E-state index in [4.69, 9.17) is 4.42 Å². The van der Waals surface area contributed by atoms with Crippen molar-refractivity contribution in [3.8, 4) is 0 Å². The normalized spacial score (nSPS) is 10.8. The second kappa shape index (κ2) is 6.52. The molecule has 0 fully saturated rings. The molecule has 3 aromatic rings. The number of carbonyl (C=O) groups excluding carboxylic acids is 1. The number of carbonyl (C=O) groups is 1. The summed E-state index contributed by atoms with van der Waals surface area (Å²) in [6, 6.07) is 13.5. The first-order chi connectivity index (χ1) is 11.1. The Hall–Kier alpha value is -2.82. The third-order valence-electron chi connectivity index (χ3n) is 3.70. The van der Waals surface area contributed by atoms with Crippen molar-refractivity contribution in [2.24, 2.45) is 0 Å². The summed E-state index contributed by atoms with van der Waals surface area (Å²) in [4.78, 5) is 25.7. The number of H-pyrrole nitrogens is 1. The molecule has 0 bridgehead atoms. The molecule has 0 saturated heterocycles. The molecule has 0 spiro atoms. The van der Waals surface area contributed by atoms with Crippen molar-refractivity contribution in [2.75, 3.05) is 0 Å². The number of fused-ring (bicyclic) bond motifs is 1. The fourth-order valence-corrected chi connectivity index (χ4v) is 2.52. The summed E-state index contributed by atoms with van der Waals surface area (Å²) in [5.41, 5.74) is 4.44. The van der Waals surface area contributed by atoms with Crippen LogP contribution >= 0.6 is 0 Å². The number of aryl methyl sites for hydroxylation is 2. The van der Waals surface area contributed by atoms with E-state index in [2.05, 4.69) is 16.4 Å². The molecule has 1 amide bonds. The lowest BCUT2D eigenvalue weighted by molar-refractivity contribution is -0.121. The molecule has 0 saturated carbocycles. The SMILES string of the molecule is Cc1cccc(CCC(=O)NCc2ccc3oc(=O)[nH]c3c2)c1. The van der Waals surface area contributed by atoms with Crippen molar-refractivity contribution in [1.29, 1.82) is 0 Å². The van der Waals surface area contributed by atoms with Crippen LogP contribution in [-0.4, -0.2) is 10.9 Å². The fraction of sp³-hybridized carbons (Fsp3) is 0.222. The summed E-state index contributed by atoms with van der Waals surface area (Å²) in [5, 5.41) is 2.89. The zero-order chi connectivity index (χ0) is 16.2. The predicted molar refractivity (Wildman–Crippen MR) is 88.2 cm³/mol. The zero-order valence-electron chi connectivity index (χ0n) is 12.9. The van der Waals surface area contributed by atoms with Crippen LogP contribution in [0.3, 0.4) is 0 Å². The number of amides is 1. The molecule has 3 rings (SSSR count). The minimum Gasteiger partial charge on any atom is -0.408 e. The summed E-state index contributed by atoms with van der Waals surface area (Å²) in [7, 11) is 0. The van der Waals surface area contributed by atoms with Crippen LogP contribution in [0, 0.1) is 6.92 Å². The van der Waals surface area contributed by atoms with Crippen molar-refractivity contribution in [3.63, 3.8) is 0 Å². The average molecular weight is 310 g/mol. The Labute approximate surface area is 133 Å². The van der Waals surface area contributed by atoms with Crippen LogP contribution in [-0.2, 0) is 17.8 Å². The van der Waals surface area contributed by atoms with Crippen molar-refractivity contribution < 1.29 is 9.21 Å². The van der Waals surface area contributed by atoms with Gasteiger partial charge in [-0.15, -0.1) is 0 Å². The van der Waals surface area contributed by atoms with Gasteiger partial charge in [0.1, 0.15) is 0 Å². The minimum atomic E-state index is -0.473. The Balaban J connectivity index is 1.54.